The number of benzene rings is 2. The van der Waals surface area contributed by atoms with Gasteiger partial charge in [0.15, 0.2) is 5.78 Å². The molecule has 2 aromatic carbocycles. The van der Waals surface area contributed by atoms with Gasteiger partial charge in [-0.1, -0.05) is 48.5 Å². The maximum Gasteiger partial charge on any atom is 0.313 e. The fourth-order valence-corrected chi connectivity index (χ4v) is 2.24. The van der Waals surface area contributed by atoms with E-state index in [0.29, 0.717) is 16.7 Å². The molecule has 0 aliphatic heterocycles. The Morgan fingerprint density at radius 3 is 2.24 bits per heavy atom. The molecule has 0 saturated carbocycles. The van der Waals surface area contributed by atoms with E-state index in [-0.39, 0.29) is 12.4 Å². The van der Waals surface area contributed by atoms with Crippen molar-refractivity contribution in [2.75, 3.05) is 6.61 Å². The second kappa shape index (κ2) is 8.24. The van der Waals surface area contributed by atoms with Crippen LogP contribution in [0.1, 0.15) is 41.3 Å². The normalized spacial score (nSPS) is 12.9. The van der Waals surface area contributed by atoms with Crippen LogP contribution in [0.4, 0.5) is 0 Å². The first-order valence-corrected chi connectivity index (χ1v) is 7.99. The molecule has 0 amide bonds. The SMILES string of the molecule is C[C@@H](COC(=O)[C@H](C)c1cccc(C(=O)c2ccccc2)c1)C(=O)O. The van der Waals surface area contributed by atoms with Crippen LogP contribution >= 0.6 is 0 Å². The monoisotopic (exact) mass is 340 g/mol. The van der Waals surface area contributed by atoms with Crippen LogP contribution in [-0.4, -0.2) is 29.4 Å². The Kier molecular flexibility index (Phi) is 6.06. The summed E-state index contributed by atoms with van der Waals surface area (Å²) >= 11 is 0. The van der Waals surface area contributed by atoms with Crippen molar-refractivity contribution in [1.29, 1.82) is 0 Å². The average Bonchev–Trinajstić information content (AvgIpc) is 2.65. The lowest BCUT2D eigenvalue weighted by atomic mass is 9.96. The quantitative estimate of drug-likeness (QED) is 0.618. The molecule has 0 radical (unpaired) electrons. The number of aliphatic carboxylic acids is 1. The second-order valence-electron chi connectivity index (χ2n) is 5.91. The van der Waals surface area contributed by atoms with Crippen LogP contribution in [0.25, 0.3) is 0 Å². The molecule has 0 saturated heterocycles. The van der Waals surface area contributed by atoms with Gasteiger partial charge >= 0.3 is 11.9 Å². The molecule has 5 nitrogen and oxygen atoms in total. The van der Waals surface area contributed by atoms with Crippen molar-refractivity contribution in [2.45, 2.75) is 19.8 Å². The Balaban J connectivity index is 2.11. The molecule has 2 aromatic rings. The number of rotatable bonds is 7. The molecule has 0 aliphatic rings. The molecule has 0 aromatic heterocycles. The summed E-state index contributed by atoms with van der Waals surface area (Å²) in [6.45, 7) is 2.96. The highest BCUT2D eigenvalue weighted by atomic mass is 16.5. The molecular weight excluding hydrogens is 320 g/mol. The van der Waals surface area contributed by atoms with E-state index >= 15 is 0 Å². The van der Waals surface area contributed by atoms with Crippen LogP contribution in [0.15, 0.2) is 54.6 Å². The summed E-state index contributed by atoms with van der Waals surface area (Å²) in [5.74, 6) is -3.01. The standard InChI is InChI=1S/C20H20O5/c1-13(19(22)23)12-25-20(24)14(2)16-9-6-10-17(11-16)18(21)15-7-4-3-5-8-15/h3-11,13-14H,12H2,1-2H3,(H,22,23)/t13-,14+/m0/s1. The van der Waals surface area contributed by atoms with Gasteiger partial charge in [-0.3, -0.25) is 14.4 Å². The summed E-state index contributed by atoms with van der Waals surface area (Å²) in [4.78, 5) is 35.4. The van der Waals surface area contributed by atoms with Crippen molar-refractivity contribution in [3.8, 4) is 0 Å². The molecule has 2 atom stereocenters. The number of carbonyl (C=O) groups is 3. The molecule has 2 rings (SSSR count). The summed E-state index contributed by atoms with van der Waals surface area (Å²) in [7, 11) is 0. The van der Waals surface area contributed by atoms with Gasteiger partial charge in [0, 0.05) is 11.1 Å². The first kappa shape index (κ1) is 18.4. The Labute approximate surface area is 146 Å². The zero-order valence-corrected chi connectivity index (χ0v) is 14.1. The van der Waals surface area contributed by atoms with Gasteiger partial charge in [-0.15, -0.1) is 0 Å². The number of ether oxygens (including phenoxy) is 1. The van der Waals surface area contributed by atoms with Gasteiger partial charge in [0.2, 0.25) is 0 Å². The van der Waals surface area contributed by atoms with E-state index in [4.69, 9.17) is 9.84 Å². The minimum absolute atomic E-state index is 0.123. The Morgan fingerprint density at radius 2 is 1.60 bits per heavy atom. The lowest BCUT2D eigenvalue weighted by Crippen LogP contribution is -2.21. The van der Waals surface area contributed by atoms with Crippen LogP contribution < -0.4 is 0 Å². The maximum absolute atomic E-state index is 12.5. The van der Waals surface area contributed by atoms with Gasteiger partial charge < -0.3 is 9.84 Å². The van der Waals surface area contributed by atoms with Crippen LogP contribution in [-0.2, 0) is 14.3 Å². The second-order valence-corrected chi connectivity index (χ2v) is 5.91. The average molecular weight is 340 g/mol. The van der Waals surface area contributed by atoms with E-state index in [1.807, 2.05) is 6.07 Å². The molecule has 1 N–H and O–H groups in total. The first-order valence-electron chi connectivity index (χ1n) is 7.99. The van der Waals surface area contributed by atoms with Crippen molar-refractivity contribution in [1.82, 2.24) is 0 Å². The van der Waals surface area contributed by atoms with E-state index in [0.717, 1.165) is 0 Å². The van der Waals surface area contributed by atoms with Crippen molar-refractivity contribution in [3.05, 3.63) is 71.3 Å². The van der Waals surface area contributed by atoms with E-state index in [1.54, 1.807) is 55.5 Å². The van der Waals surface area contributed by atoms with Crippen LogP contribution in [0, 0.1) is 5.92 Å². The molecular formula is C20H20O5. The lowest BCUT2D eigenvalue weighted by molar-refractivity contribution is -0.151. The van der Waals surface area contributed by atoms with E-state index in [9.17, 15) is 14.4 Å². The van der Waals surface area contributed by atoms with Crippen LogP contribution in [0.5, 0.6) is 0 Å². The maximum atomic E-state index is 12.5. The number of carboxylic acids is 1. The van der Waals surface area contributed by atoms with Crippen molar-refractivity contribution in [2.24, 2.45) is 5.92 Å². The highest BCUT2D eigenvalue weighted by molar-refractivity contribution is 6.09. The lowest BCUT2D eigenvalue weighted by Gasteiger charge is -2.14. The van der Waals surface area contributed by atoms with E-state index in [1.165, 1.54) is 6.92 Å². The largest absolute Gasteiger partial charge is 0.481 e. The summed E-state index contributed by atoms with van der Waals surface area (Å²) in [5, 5.41) is 8.83. The number of carbonyl (C=O) groups excluding carboxylic acids is 2. The van der Waals surface area contributed by atoms with Crippen molar-refractivity contribution >= 4 is 17.7 Å². The molecule has 0 aliphatic carbocycles. The number of carboxylic acid groups (broad SMARTS) is 1. The molecule has 0 unspecified atom stereocenters. The molecule has 0 fully saturated rings. The number of esters is 1. The Morgan fingerprint density at radius 1 is 0.960 bits per heavy atom. The Bertz CT molecular complexity index is 767. The fourth-order valence-electron chi connectivity index (χ4n) is 2.24. The smallest absolute Gasteiger partial charge is 0.313 e. The molecule has 5 heteroatoms. The molecule has 130 valence electrons. The van der Waals surface area contributed by atoms with Gasteiger partial charge in [-0.2, -0.15) is 0 Å². The van der Waals surface area contributed by atoms with Gasteiger partial charge in [0.1, 0.15) is 6.61 Å². The summed E-state index contributed by atoms with van der Waals surface area (Å²) in [6.07, 6.45) is 0. The predicted molar refractivity (Wildman–Crippen MR) is 92.5 cm³/mol. The molecule has 25 heavy (non-hydrogen) atoms. The van der Waals surface area contributed by atoms with Gasteiger partial charge in [0.25, 0.3) is 0 Å². The third-order valence-electron chi connectivity index (χ3n) is 3.94. The highest BCUT2D eigenvalue weighted by Crippen LogP contribution is 2.20. The van der Waals surface area contributed by atoms with Crippen LogP contribution in [0.2, 0.25) is 0 Å². The molecule has 0 heterocycles. The first-order chi connectivity index (χ1) is 11.9. The van der Waals surface area contributed by atoms with E-state index in [2.05, 4.69) is 0 Å². The molecule has 0 bridgehead atoms. The minimum Gasteiger partial charge on any atom is -0.481 e. The zero-order chi connectivity index (χ0) is 18.4. The predicted octanol–water partition coefficient (Wildman–Crippen LogP) is 3.29. The highest BCUT2D eigenvalue weighted by Gasteiger charge is 2.21. The number of hydrogen-bond acceptors (Lipinski definition) is 4. The third kappa shape index (κ3) is 4.76. The third-order valence-corrected chi connectivity index (χ3v) is 3.94. The Hall–Kier alpha value is -2.95. The fraction of sp³-hybridized carbons (Fsp3) is 0.250. The number of hydrogen-bond donors (Lipinski definition) is 1. The van der Waals surface area contributed by atoms with Crippen LogP contribution in [0.3, 0.4) is 0 Å². The van der Waals surface area contributed by atoms with Gasteiger partial charge in [0.05, 0.1) is 11.8 Å². The zero-order valence-electron chi connectivity index (χ0n) is 14.1. The van der Waals surface area contributed by atoms with Gasteiger partial charge in [-0.25, -0.2) is 0 Å². The summed E-state index contributed by atoms with van der Waals surface area (Å²) in [5.41, 5.74) is 1.71. The van der Waals surface area contributed by atoms with Gasteiger partial charge in [-0.05, 0) is 25.5 Å². The number of ketones is 1. The summed E-state index contributed by atoms with van der Waals surface area (Å²) in [6, 6.07) is 15.7. The summed E-state index contributed by atoms with van der Waals surface area (Å²) < 4.78 is 5.06. The molecule has 0 spiro atoms. The minimum atomic E-state index is -1.02. The van der Waals surface area contributed by atoms with Crippen molar-refractivity contribution < 1.29 is 24.2 Å². The van der Waals surface area contributed by atoms with Crippen molar-refractivity contribution in [3.63, 3.8) is 0 Å². The topological polar surface area (TPSA) is 80.7 Å². The van der Waals surface area contributed by atoms with E-state index < -0.39 is 23.8 Å².